The van der Waals surface area contributed by atoms with Crippen LogP contribution in [-0.4, -0.2) is 20.7 Å². The summed E-state index contributed by atoms with van der Waals surface area (Å²) >= 11 is 0. The third kappa shape index (κ3) is 3.81. The third-order valence-corrected chi connectivity index (χ3v) is 4.51. The Bertz CT molecular complexity index is 631. The number of fused-ring (bicyclic) bond motifs is 1. The highest BCUT2D eigenvalue weighted by Crippen LogP contribution is 2.20. The molecule has 5 heteroatoms. The predicted octanol–water partition coefficient (Wildman–Crippen LogP) is 2.69. The predicted molar refractivity (Wildman–Crippen MR) is 76.6 cm³/mol. The molecule has 0 aliphatic carbocycles. The number of rotatable bonds is 7. The van der Waals surface area contributed by atoms with Gasteiger partial charge in [-0.05, 0) is 24.5 Å². The van der Waals surface area contributed by atoms with Crippen molar-refractivity contribution in [2.75, 3.05) is 12.3 Å². The smallest absolute Gasteiger partial charge is 0.211 e. The Morgan fingerprint density at radius 1 is 1.26 bits per heavy atom. The number of furan rings is 1. The van der Waals surface area contributed by atoms with Crippen LogP contribution in [0.1, 0.15) is 25.3 Å². The second-order valence-electron chi connectivity index (χ2n) is 4.57. The zero-order valence-electron chi connectivity index (χ0n) is 11.1. The van der Waals surface area contributed by atoms with Gasteiger partial charge in [0.25, 0.3) is 0 Å². The summed E-state index contributed by atoms with van der Waals surface area (Å²) in [5.74, 6) is 0.204. The molecule has 0 saturated heterocycles. The average Bonchev–Trinajstić information content (AvgIpc) is 2.80. The van der Waals surface area contributed by atoms with E-state index in [0.717, 1.165) is 23.0 Å². The van der Waals surface area contributed by atoms with Crippen LogP contribution >= 0.6 is 0 Å². The summed E-state index contributed by atoms with van der Waals surface area (Å²) in [4.78, 5) is 0. The van der Waals surface area contributed by atoms with Crippen molar-refractivity contribution >= 4 is 21.0 Å². The van der Waals surface area contributed by atoms with Gasteiger partial charge in [-0.2, -0.15) is 0 Å². The maximum Gasteiger partial charge on any atom is 0.211 e. The molecule has 0 spiro atoms. The van der Waals surface area contributed by atoms with Gasteiger partial charge in [0.15, 0.2) is 0 Å². The molecule has 19 heavy (non-hydrogen) atoms. The highest BCUT2D eigenvalue weighted by atomic mass is 32.2. The minimum Gasteiger partial charge on any atom is -0.464 e. The minimum absolute atomic E-state index is 0.204. The van der Waals surface area contributed by atoms with Crippen molar-refractivity contribution in [2.45, 2.75) is 26.2 Å². The molecule has 0 bridgehead atoms. The number of benzene rings is 1. The molecule has 0 radical (unpaired) electrons. The van der Waals surface area contributed by atoms with Gasteiger partial charge in [0.1, 0.15) is 5.58 Å². The van der Waals surface area contributed by atoms with E-state index in [1.165, 1.54) is 0 Å². The average molecular weight is 281 g/mol. The van der Waals surface area contributed by atoms with Crippen molar-refractivity contribution in [1.82, 2.24) is 4.72 Å². The van der Waals surface area contributed by atoms with Crippen LogP contribution in [0.3, 0.4) is 0 Å². The fourth-order valence-electron chi connectivity index (χ4n) is 1.97. The number of unbranched alkanes of at least 4 members (excludes halogenated alkanes) is 1. The van der Waals surface area contributed by atoms with Gasteiger partial charge < -0.3 is 4.42 Å². The van der Waals surface area contributed by atoms with E-state index in [-0.39, 0.29) is 5.75 Å². The van der Waals surface area contributed by atoms with Crippen LogP contribution in [0.25, 0.3) is 11.0 Å². The number of hydrogen-bond donors (Lipinski definition) is 1. The van der Waals surface area contributed by atoms with Gasteiger partial charge >= 0.3 is 0 Å². The fourth-order valence-corrected chi connectivity index (χ4v) is 3.20. The summed E-state index contributed by atoms with van der Waals surface area (Å²) in [7, 11) is -3.13. The van der Waals surface area contributed by atoms with Crippen molar-refractivity contribution in [3.8, 4) is 0 Å². The van der Waals surface area contributed by atoms with E-state index in [9.17, 15) is 8.42 Å². The van der Waals surface area contributed by atoms with Gasteiger partial charge in [0, 0.05) is 11.9 Å². The van der Waals surface area contributed by atoms with E-state index in [1.54, 1.807) is 6.26 Å². The molecule has 1 aromatic heterocycles. The van der Waals surface area contributed by atoms with Gasteiger partial charge in [0.2, 0.25) is 10.0 Å². The zero-order chi connectivity index (χ0) is 13.7. The van der Waals surface area contributed by atoms with Crippen molar-refractivity contribution in [3.05, 3.63) is 36.1 Å². The Morgan fingerprint density at radius 2 is 2.05 bits per heavy atom. The summed E-state index contributed by atoms with van der Waals surface area (Å²) < 4.78 is 31.3. The van der Waals surface area contributed by atoms with Crippen molar-refractivity contribution in [3.63, 3.8) is 0 Å². The fraction of sp³-hybridized carbons (Fsp3) is 0.429. The first-order chi connectivity index (χ1) is 9.12. The first-order valence-corrected chi connectivity index (χ1v) is 8.20. The molecule has 0 saturated carbocycles. The largest absolute Gasteiger partial charge is 0.464 e. The maximum atomic E-state index is 11.6. The molecule has 1 N–H and O–H groups in total. The molecule has 0 aliphatic heterocycles. The lowest BCUT2D eigenvalue weighted by atomic mass is 10.1. The Labute approximate surface area is 113 Å². The van der Waals surface area contributed by atoms with Crippen LogP contribution in [0, 0.1) is 0 Å². The Hall–Kier alpha value is -1.33. The van der Waals surface area contributed by atoms with E-state index in [0.29, 0.717) is 19.4 Å². The first-order valence-electron chi connectivity index (χ1n) is 6.55. The Balaban J connectivity index is 1.93. The minimum atomic E-state index is -3.13. The molecule has 4 nitrogen and oxygen atoms in total. The van der Waals surface area contributed by atoms with Crippen molar-refractivity contribution in [2.24, 2.45) is 0 Å². The van der Waals surface area contributed by atoms with Gasteiger partial charge in [-0.1, -0.05) is 31.5 Å². The summed E-state index contributed by atoms with van der Waals surface area (Å²) in [6.45, 7) is 2.39. The normalized spacial score (nSPS) is 12.1. The van der Waals surface area contributed by atoms with Crippen LogP contribution in [0.5, 0.6) is 0 Å². The number of hydrogen-bond acceptors (Lipinski definition) is 3. The lowest BCUT2D eigenvalue weighted by Crippen LogP contribution is -2.28. The molecule has 0 atom stereocenters. The van der Waals surface area contributed by atoms with Crippen molar-refractivity contribution < 1.29 is 12.8 Å². The Morgan fingerprint density at radius 3 is 2.84 bits per heavy atom. The van der Waals surface area contributed by atoms with E-state index in [1.807, 2.05) is 31.2 Å². The second-order valence-corrected chi connectivity index (χ2v) is 6.50. The first kappa shape index (κ1) is 14.1. The second kappa shape index (κ2) is 6.21. The van der Waals surface area contributed by atoms with Crippen LogP contribution in [0.2, 0.25) is 0 Å². The molecule has 1 heterocycles. The SMILES string of the molecule is CCCCS(=O)(=O)NCCc1coc2ccccc12. The topological polar surface area (TPSA) is 59.3 Å². The maximum absolute atomic E-state index is 11.6. The molecule has 0 unspecified atom stereocenters. The van der Waals surface area contributed by atoms with E-state index in [4.69, 9.17) is 4.42 Å². The molecule has 104 valence electrons. The highest BCUT2D eigenvalue weighted by Gasteiger charge is 2.10. The summed E-state index contributed by atoms with van der Waals surface area (Å²) in [5, 5.41) is 1.05. The standard InChI is InChI=1S/C14H19NO3S/c1-2-3-10-19(16,17)15-9-8-12-11-18-14-7-5-4-6-13(12)14/h4-7,11,15H,2-3,8-10H2,1H3. The zero-order valence-corrected chi connectivity index (χ0v) is 11.9. The van der Waals surface area contributed by atoms with Crippen LogP contribution in [0.4, 0.5) is 0 Å². The molecule has 0 amide bonds. The molecule has 1 aromatic carbocycles. The van der Waals surface area contributed by atoms with Gasteiger partial charge in [-0.15, -0.1) is 0 Å². The molecule has 2 aromatic rings. The quantitative estimate of drug-likeness (QED) is 0.849. The van der Waals surface area contributed by atoms with E-state index >= 15 is 0 Å². The monoisotopic (exact) mass is 281 g/mol. The van der Waals surface area contributed by atoms with Crippen molar-refractivity contribution in [1.29, 1.82) is 0 Å². The van der Waals surface area contributed by atoms with Crippen LogP contribution < -0.4 is 4.72 Å². The third-order valence-electron chi connectivity index (χ3n) is 3.04. The molecular weight excluding hydrogens is 262 g/mol. The highest BCUT2D eigenvalue weighted by molar-refractivity contribution is 7.89. The lowest BCUT2D eigenvalue weighted by Gasteiger charge is -2.05. The van der Waals surface area contributed by atoms with Gasteiger partial charge in [-0.3, -0.25) is 0 Å². The molecule has 0 fully saturated rings. The summed E-state index contributed by atoms with van der Waals surface area (Å²) in [6, 6.07) is 7.76. The van der Waals surface area contributed by atoms with Crippen LogP contribution in [-0.2, 0) is 16.4 Å². The van der Waals surface area contributed by atoms with Gasteiger partial charge in [0.05, 0.1) is 12.0 Å². The summed E-state index contributed by atoms with van der Waals surface area (Å²) in [5.41, 5.74) is 1.88. The number of para-hydroxylation sites is 1. The van der Waals surface area contributed by atoms with E-state index in [2.05, 4.69) is 4.72 Å². The lowest BCUT2D eigenvalue weighted by molar-refractivity contribution is 0.577. The van der Waals surface area contributed by atoms with Gasteiger partial charge in [-0.25, -0.2) is 13.1 Å². The van der Waals surface area contributed by atoms with E-state index < -0.39 is 10.0 Å². The Kier molecular flexibility index (Phi) is 4.61. The molecular formula is C14H19NO3S. The number of nitrogens with one attached hydrogen (secondary N) is 1. The number of sulfonamides is 1. The molecule has 2 rings (SSSR count). The summed E-state index contributed by atoms with van der Waals surface area (Å²) in [6.07, 6.45) is 3.92. The molecule has 0 aliphatic rings. The van der Waals surface area contributed by atoms with Crippen LogP contribution in [0.15, 0.2) is 34.9 Å².